The quantitative estimate of drug-likeness (QED) is 0.333. The predicted octanol–water partition coefficient (Wildman–Crippen LogP) is 0.423. The van der Waals surface area contributed by atoms with Crippen LogP contribution in [0.4, 0.5) is 0 Å². The zero-order chi connectivity index (χ0) is 7.98. The Morgan fingerprint density at radius 1 is 1.45 bits per heavy atom. The Balaban J connectivity index is 0. The third-order valence-corrected chi connectivity index (χ3v) is 1.33. The number of nitrogens with one attached hydrogen (secondary N) is 1. The summed E-state index contributed by atoms with van der Waals surface area (Å²) in [6.45, 7) is 2.08. The van der Waals surface area contributed by atoms with Gasteiger partial charge in [0.2, 0.25) is 0 Å². The fourth-order valence-electron chi connectivity index (χ4n) is 0.675. The Morgan fingerprint density at radius 3 is 2.36 bits per heavy atom. The minimum absolute atomic E-state index is 0. The predicted molar refractivity (Wildman–Crippen MR) is 48.2 cm³/mol. The average molecular weight is 150 g/mol. The van der Waals surface area contributed by atoms with Gasteiger partial charge in [-0.15, -0.1) is 0 Å². The van der Waals surface area contributed by atoms with Crippen LogP contribution in [0.3, 0.4) is 0 Å². The van der Waals surface area contributed by atoms with E-state index in [0.717, 1.165) is 19.3 Å². The van der Waals surface area contributed by atoms with E-state index in [1.165, 1.54) is 0 Å². The van der Waals surface area contributed by atoms with Crippen molar-refractivity contribution in [1.82, 2.24) is 0 Å². The van der Waals surface area contributed by atoms with Crippen molar-refractivity contribution in [3.63, 3.8) is 0 Å². The molecule has 4 heteroatoms. The van der Waals surface area contributed by atoms with Crippen molar-refractivity contribution in [3.8, 4) is 0 Å². The average Bonchev–Trinajstić information content (AvgIpc) is 1.88. The van der Waals surface area contributed by atoms with Gasteiger partial charge in [0, 0.05) is 0 Å². The normalized spacial score (nSPS) is 8.45. The monoisotopic (exact) mass is 150 g/mol. The molecule has 60 valence electrons. The van der Waals surface area contributed by atoms with Crippen molar-refractivity contribution in [2.45, 2.75) is 32.6 Å². The van der Waals surface area contributed by atoms with Gasteiger partial charge in [-0.05, 0) is 12.8 Å². The summed E-state index contributed by atoms with van der Waals surface area (Å²) in [5.41, 5.74) is 4.90. The SMILES string of the molecule is CCCCCC(=N)C(N)=O.[LiH]. The second-order valence-corrected chi connectivity index (χ2v) is 2.30. The van der Waals surface area contributed by atoms with E-state index < -0.39 is 5.91 Å². The maximum absolute atomic E-state index is 10.3. The molecule has 0 aromatic heterocycles. The van der Waals surface area contributed by atoms with Gasteiger partial charge in [0.1, 0.15) is 0 Å². The van der Waals surface area contributed by atoms with Crippen LogP contribution < -0.4 is 5.73 Å². The first-order valence-electron chi connectivity index (χ1n) is 3.55. The first-order chi connectivity index (χ1) is 4.68. The number of hydrogen-bond donors (Lipinski definition) is 2. The Morgan fingerprint density at radius 2 is 2.00 bits per heavy atom. The summed E-state index contributed by atoms with van der Waals surface area (Å²) in [7, 11) is 0. The Labute approximate surface area is 79.4 Å². The van der Waals surface area contributed by atoms with Crippen LogP contribution in [0, 0.1) is 5.41 Å². The second kappa shape index (κ2) is 7.84. The van der Waals surface area contributed by atoms with Crippen LogP contribution in [0.5, 0.6) is 0 Å². The first-order valence-corrected chi connectivity index (χ1v) is 3.55. The van der Waals surface area contributed by atoms with Gasteiger partial charge in [-0.25, -0.2) is 0 Å². The molecule has 0 aliphatic rings. The molecule has 0 radical (unpaired) electrons. The third-order valence-electron chi connectivity index (χ3n) is 1.33. The van der Waals surface area contributed by atoms with Crippen molar-refractivity contribution in [1.29, 1.82) is 5.41 Å². The molecule has 0 fully saturated rings. The number of carbonyl (C=O) groups is 1. The fraction of sp³-hybridized carbons (Fsp3) is 0.714. The Kier molecular flexibility index (Phi) is 9.50. The number of primary amides is 1. The van der Waals surface area contributed by atoms with Crippen molar-refractivity contribution in [3.05, 3.63) is 0 Å². The van der Waals surface area contributed by atoms with E-state index in [2.05, 4.69) is 6.92 Å². The summed E-state index contributed by atoms with van der Waals surface area (Å²) in [6.07, 6.45) is 3.60. The van der Waals surface area contributed by atoms with Crippen LogP contribution in [0.1, 0.15) is 32.6 Å². The zero-order valence-electron chi connectivity index (χ0n) is 6.31. The molecule has 0 saturated carbocycles. The Hall–Kier alpha value is -0.263. The molecule has 0 aromatic carbocycles. The number of amides is 1. The summed E-state index contributed by atoms with van der Waals surface area (Å²) in [5, 5.41) is 7.05. The van der Waals surface area contributed by atoms with Crippen LogP contribution in [-0.4, -0.2) is 30.5 Å². The molecular weight excluding hydrogens is 135 g/mol. The molecule has 3 N–H and O–H groups in total. The molecule has 1 amide bonds. The molecular formula is C7H15LiN2O. The number of rotatable bonds is 5. The zero-order valence-corrected chi connectivity index (χ0v) is 6.31. The van der Waals surface area contributed by atoms with E-state index in [-0.39, 0.29) is 24.6 Å². The van der Waals surface area contributed by atoms with Gasteiger partial charge >= 0.3 is 18.9 Å². The van der Waals surface area contributed by atoms with Crippen molar-refractivity contribution >= 4 is 30.5 Å². The minimum atomic E-state index is -0.587. The number of carbonyl (C=O) groups excluding carboxylic acids is 1. The topological polar surface area (TPSA) is 66.9 Å². The van der Waals surface area contributed by atoms with E-state index in [9.17, 15) is 4.79 Å². The molecule has 0 heterocycles. The summed E-state index contributed by atoms with van der Waals surface area (Å²) in [6, 6.07) is 0. The summed E-state index contributed by atoms with van der Waals surface area (Å²) in [4.78, 5) is 10.3. The summed E-state index contributed by atoms with van der Waals surface area (Å²) >= 11 is 0. The molecule has 0 aromatic rings. The summed E-state index contributed by atoms with van der Waals surface area (Å²) in [5.74, 6) is -0.587. The molecule has 11 heavy (non-hydrogen) atoms. The summed E-state index contributed by atoms with van der Waals surface area (Å²) < 4.78 is 0. The molecule has 0 unspecified atom stereocenters. The van der Waals surface area contributed by atoms with Gasteiger partial charge in [-0.2, -0.15) is 0 Å². The van der Waals surface area contributed by atoms with Crippen molar-refractivity contribution in [2.75, 3.05) is 0 Å². The second-order valence-electron chi connectivity index (χ2n) is 2.30. The van der Waals surface area contributed by atoms with E-state index >= 15 is 0 Å². The van der Waals surface area contributed by atoms with Crippen LogP contribution >= 0.6 is 0 Å². The fourth-order valence-corrected chi connectivity index (χ4v) is 0.675. The molecule has 0 rings (SSSR count). The van der Waals surface area contributed by atoms with Gasteiger partial charge in [-0.3, -0.25) is 10.2 Å². The van der Waals surface area contributed by atoms with Gasteiger partial charge in [0.25, 0.3) is 5.91 Å². The van der Waals surface area contributed by atoms with Crippen molar-refractivity contribution < 1.29 is 4.79 Å². The van der Waals surface area contributed by atoms with Crippen LogP contribution in [0.15, 0.2) is 0 Å². The van der Waals surface area contributed by atoms with Gasteiger partial charge in [-0.1, -0.05) is 19.8 Å². The van der Waals surface area contributed by atoms with E-state index in [1.807, 2.05) is 0 Å². The van der Waals surface area contributed by atoms with Crippen molar-refractivity contribution in [2.24, 2.45) is 5.73 Å². The standard InChI is InChI=1S/C7H14N2O.Li.H/c1-2-3-4-5-6(8)7(9)10;;/h8H,2-5H2,1H3,(H2,9,10);;. The maximum atomic E-state index is 10.3. The van der Waals surface area contributed by atoms with Gasteiger partial charge < -0.3 is 5.73 Å². The molecule has 0 atom stereocenters. The first kappa shape index (κ1) is 13.3. The van der Waals surface area contributed by atoms with Crippen LogP contribution in [0.25, 0.3) is 0 Å². The van der Waals surface area contributed by atoms with Gasteiger partial charge in [0.05, 0.1) is 5.71 Å². The number of hydrogen-bond acceptors (Lipinski definition) is 2. The molecule has 0 bridgehead atoms. The molecule has 0 aliphatic heterocycles. The molecule has 3 nitrogen and oxygen atoms in total. The molecule has 0 spiro atoms. The Bertz CT molecular complexity index is 136. The third kappa shape index (κ3) is 7.64. The van der Waals surface area contributed by atoms with Gasteiger partial charge in [0.15, 0.2) is 0 Å². The van der Waals surface area contributed by atoms with Crippen LogP contribution in [0.2, 0.25) is 0 Å². The van der Waals surface area contributed by atoms with E-state index in [1.54, 1.807) is 0 Å². The van der Waals surface area contributed by atoms with Crippen LogP contribution in [-0.2, 0) is 4.79 Å². The number of unbranched alkanes of at least 4 members (excludes halogenated alkanes) is 2. The van der Waals surface area contributed by atoms with E-state index in [0.29, 0.717) is 6.42 Å². The van der Waals surface area contributed by atoms with E-state index in [4.69, 9.17) is 11.1 Å². The number of nitrogens with two attached hydrogens (primary N) is 1. The molecule has 0 aliphatic carbocycles. The molecule has 0 saturated heterocycles.